The number of allylic oxidation sites excluding steroid dienone is 7. The minimum absolute atomic E-state index is 0.00264. The summed E-state index contributed by atoms with van der Waals surface area (Å²) in [5.74, 6) is -0.174. The first-order valence-corrected chi connectivity index (χ1v) is 38.9. The number of aliphatic hydroxyl groups is 5. The van der Waals surface area contributed by atoms with Gasteiger partial charge >= 0.3 is 5.97 Å². The molecule has 1 heterocycles. The van der Waals surface area contributed by atoms with Gasteiger partial charge in [0.05, 0.1) is 32.0 Å². The maximum atomic E-state index is 13.1. The second kappa shape index (κ2) is 68.0. The van der Waals surface area contributed by atoms with Crippen molar-refractivity contribution in [1.29, 1.82) is 0 Å². The van der Waals surface area contributed by atoms with E-state index in [0.717, 1.165) is 64.2 Å². The lowest BCUT2D eigenvalue weighted by Gasteiger charge is -2.40. The van der Waals surface area contributed by atoms with Crippen molar-refractivity contribution in [3.63, 3.8) is 0 Å². The Labute approximate surface area is 555 Å². The largest absolute Gasteiger partial charge is 0.466 e. The summed E-state index contributed by atoms with van der Waals surface area (Å²) in [7, 11) is 0. The molecule has 6 N–H and O–H groups in total. The number of hydrogen-bond acceptors (Lipinski definition) is 10. The fourth-order valence-corrected chi connectivity index (χ4v) is 12.3. The molecule has 1 fully saturated rings. The van der Waals surface area contributed by atoms with Crippen LogP contribution in [0.3, 0.4) is 0 Å². The van der Waals surface area contributed by atoms with Crippen LogP contribution in [0.4, 0.5) is 0 Å². The molecule has 0 saturated carbocycles. The van der Waals surface area contributed by atoms with Gasteiger partial charge in [0, 0.05) is 12.8 Å². The van der Waals surface area contributed by atoms with Crippen LogP contribution in [0.1, 0.15) is 380 Å². The molecule has 0 aliphatic carbocycles. The number of carbonyl (C=O) groups is 2. The van der Waals surface area contributed by atoms with Gasteiger partial charge in [-0.1, -0.05) is 326 Å². The first-order chi connectivity index (χ1) is 44.2. The van der Waals surface area contributed by atoms with Crippen LogP contribution in [0, 0.1) is 0 Å². The van der Waals surface area contributed by atoms with E-state index in [-0.39, 0.29) is 18.5 Å². The zero-order valence-electron chi connectivity index (χ0n) is 58.9. The van der Waals surface area contributed by atoms with E-state index in [1.54, 1.807) is 6.08 Å². The predicted molar refractivity (Wildman–Crippen MR) is 380 cm³/mol. The van der Waals surface area contributed by atoms with E-state index >= 15 is 0 Å². The van der Waals surface area contributed by atoms with Crippen LogP contribution in [-0.4, -0.2) is 100 Å². The number of ether oxygens (including phenoxy) is 3. The van der Waals surface area contributed by atoms with Crippen LogP contribution in [0.25, 0.3) is 0 Å². The molecule has 1 aliphatic rings. The molecule has 7 unspecified atom stereocenters. The summed E-state index contributed by atoms with van der Waals surface area (Å²) >= 11 is 0. The summed E-state index contributed by atoms with van der Waals surface area (Å²) in [5.41, 5.74) is 0. The average molecular weight is 1270 g/mol. The predicted octanol–water partition coefficient (Wildman–Crippen LogP) is 20.7. The number of nitrogens with one attached hydrogen (secondary N) is 1. The van der Waals surface area contributed by atoms with E-state index in [1.807, 2.05) is 6.08 Å². The molecule has 1 aliphatic heterocycles. The van der Waals surface area contributed by atoms with Crippen LogP contribution in [0.5, 0.6) is 0 Å². The van der Waals surface area contributed by atoms with Crippen molar-refractivity contribution in [3.8, 4) is 0 Å². The third-order valence-corrected chi connectivity index (χ3v) is 18.4. The molecular formula is C79H147NO10. The molecule has 0 spiro atoms. The van der Waals surface area contributed by atoms with Crippen LogP contribution < -0.4 is 5.32 Å². The molecule has 0 aromatic carbocycles. The Morgan fingerprint density at radius 2 is 0.744 bits per heavy atom. The van der Waals surface area contributed by atoms with Gasteiger partial charge in [0.15, 0.2) is 6.29 Å². The van der Waals surface area contributed by atoms with E-state index in [9.17, 15) is 35.1 Å². The molecule has 1 rings (SSSR count). The number of hydrogen-bond donors (Lipinski definition) is 6. The second-order valence-corrected chi connectivity index (χ2v) is 27.1. The molecule has 0 bridgehead atoms. The third kappa shape index (κ3) is 56.0. The number of amides is 1. The van der Waals surface area contributed by atoms with Crippen molar-refractivity contribution < 1.29 is 49.3 Å². The quantitative estimate of drug-likeness (QED) is 0.0195. The topological polar surface area (TPSA) is 175 Å². The Morgan fingerprint density at radius 1 is 0.411 bits per heavy atom. The first-order valence-electron chi connectivity index (χ1n) is 38.9. The average Bonchev–Trinajstić information content (AvgIpc) is 1.02. The normalized spacial score (nSPS) is 17.9. The molecule has 0 aromatic rings. The maximum absolute atomic E-state index is 13.1. The Hall–Kier alpha value is -2.38. The molecule has 90 heavy (non-hydrogen) atoms. The highest BCUT2D eigenvalue weighted by Crippen LogP contribution is 2.24. The molecule has 0 radical (unpaired) electrons. The Bertz CT molecular complexity index is 1630. The number of rotatable bonds is 69. The fourth-order valence-electron chi connectivity index (χ4n) is 12.3. The van der Waals surface area contributed by atoms with Crippen molar-refractivity contribution in [2.45, 2.75) is 423 Å². The minimum atomic E-state index is -1.57. The molecule has 7 atom stereocenters. The lowest BCUT2D eigenvalue weighted by Crippen LogP contribution is -2.60. The summed E-state index contributed by atoms with van der Waals surface area (Å²) in [6, 6.07) is -0.808. The van der Waals surface area contributed by atoms with Gasteiger partial charge in [-0.3, -0.25) is 9.59 Å². The van der Waals surface area contributed by atoms with Gasteiger partial charge in [-0.15, -0.1) is 0 Å². The van der Waals surface area contributed by atoms with Gasteiger partial charge in [-0.25, -0.2) is 0 Å². The highest BCUT2D eigenvalue weighted by molar-refractivity contribution is 5.76. The zero-order valence-corrected chi connectivity index (χ0v) is 58.9. The minimum Gasteiger partial charge on any atom is -0.466 e. The molecule has 0 aromatic heterocycles. The fraction of sp³-hybridized carbons (Fsp3) is 0.873. The first kappa shape index (κ1) is 85.6. The molecule has 11 nitrogen and oxygen atoms in total. The highest BCUT2D eigenvalue weighted by Gasteiger charge is 2.44. The van der Waals surface area contributed by atoms with Gasteiger partial charge in [0.1, 0.15) is 24.4 Å². The second-order valence-electron chi connectivity index (χ2n) is 27.1. The SMILES string of the molecule is CCCCC/C=C\CCCCCCCC(=O)OCCCCCCCCCCCCCCC/C=C\C/C=C\CCCCCCCCCCCCCCCCCCCC(=O)NC(COC1OC(CO)C(O)C(O)C1O)C(O)/C=C/CCCCCCCCCCCCC. The van der Waals surface area contributed by atoms with Gasteiger partial charge in [-0.05, 0) is 89.9 Å². The van der Waals surface area contributed by atoms with E-state index in [1.165, 1.54) is 289 Å². The number of esters is 1. The van der Waals surface area contributed by atoms with Gasteiger partial charge in [0.25, 0.3) is 0 Å². The summed E-state index contributed by atoms with van der Waals surface area (Å²) in [6.45, 7) is 4.36. The van der Waals surface area contributed by atoms with E-state index in [4.69, 9.17) is 14.2 Å². The number of carbonyl (C=O) groups excluding carboxylic acids is 2. The summed E-state index contributed by atoms with van der Waals surface area (Å²) < 4.78 is 16.8. The van der Waals surface area contributed by atoms with Gasteiger partial charge in [0.2, 0.25) is 5.91 Å². The van der Waals surface area contributed by atoms with Crippen molar-refractivity contribution in [2.75, 3.05) is 19.8 Å². The number of aliphatic hydroxyl groups excluding tert-OH is 5. The Morgan fingerprint density at radius 3 is 1.16 bits per heavy atom. The van der Waals surface area contributed by atoms with Crippen molar-refractivity contribution in [2.24, 2.45) is 0 Å². The molecule has 528 valence electrons. The van der Waals surface area contributed by atoms with E-state index in [0.29, 0.717) is 19.4 Å². The maximum Gasteiger partial charge on any atom is 0.305 e. The van der Waals surface area contributed by atoms with Gasteiger partial charge < -0.3 is 45.1 Å². The van der Waals surface area contributed by atoms with Gasteiger partial charge in [-0.2, -0.15) is 0 Å². The monoisotopic (exact) mass is 1270 g/mol. The van der Waals surface area contributed by atoms with Crippen LogP contribution >= 0.6 is 0 Å². The highest BCUT2D eigenvalue weighted by atomic mass is 16.7. The molecule has 1 amide bonds. The lowest BCUT2D eigenvalue weighted by atomic mass is 9.99. The molecular weight excluding hydrogens is 1120 g/mol. The smallest absolute Gasteiger partial charge is 0.305 e. The zero-order chi connectivity index (χ0) is 65.1. The van der Waals surface area contributed by atoms with E-state index in [2.05, 4.69) is 55.6 Å². The lowest BCUT2D eigenvalue weighted by molar-refractivity contribution is -0.302. The number of unbranched alkanes of at least 4 members (excludes halogenated alkanes) is 49. The third-order valence-electron chi connectivity index (χ3n) is 18.4. The Kier molecular flexibility index (Phi) is 64.7. The van der Waals surface area contributed by atoms with Crippen molar-refractivity contribution in [1.82, 2.24) is 5.32 Å². The molecule has 1 saturated heterocycles. The van der Waals surface area contributed by atoms with Crippen LogP contribution in [-0.2, 0) is 23.8 Å². The summed E-state index contributed by atoms with van der Waals surface area (Å²) in [4.78, 5) is 25.1. The van der Waals surface area contributed by atoms with Crippen molar-refractivity contribution in [3.05, 3.63) is 48.6 Å². The summed E-state index contributed by atoms with van der Waals surface area (Å²) in [6.07, 6.45) is 79.9. The van der Waals surface area contributed by atoms with Crippen molar-refractivity contribution >= 4 is 11.9 Å². The summed E-state index contributed by atoms with van der Waals surface area (Å²) in [5, 5.41) is 54.6. The Balaban J connectivity index is 1.93. The van der Waals surface area contributed by atoms with Crippen LogP contribution in [0.2, 0.25) is 0 Å². The molecule has 11 heteroatoms. The van der Waals surface area contributed by atoms with Crippen LogP contribution in [0.15, 0.2) is 48.6 Å². The van der Waals surface area contributed by atoms with E-state index < -0.39 is 49.5 Å². The standard InChI is InChI=1S/C79H147NO10/c1-3-5-7-9-11-13-15-42-45-49-53-57-61-65-72(82)71(70-89-79-78(87)77(86)76(85)73(69-81)90-79)80-74(83)66-62-58-54-50-46-43-40-38-36-34-32-30-28-26-24-22-20-18-17-19-21-23-25-27-29-31-33-35-37-39-41-44-48-52-56-60-64-68-88-75(84)67-63-59-55-51-47-16-14-12-10-8-6-4-2/h12,14,17,19,23,25,61,65,71-73,76-79,81-82,85-87H,3-11,13,15-16,18,20-22,24,26-60,62-64,66-70H2,1-2H3,(H,80,83)/b14-12-,19-17-,25-23-,65-61+.